The van der Waals surface area contributed by atoms with Crippen molar-refractivity contribution in [3.63, 3.8) is 0 Å². The monoisotopic (exact) mass is 273 g/mol. The van der Waals surface area contributed by atoms with Crippen LogP contribution in [0.5, 0.6) is 0 Å². The molecule has 2 atom stereocenters. The maximum Gasteiger partial charge on any atom is 0.419 e. The van der Waals surface area contributed by atoms with Crippen LogP contribution in [-0.2, 0) is 7.05 Å². The lowest BCUT2D eigenvalue weighted by molar-refractivity contribution is 0.385. The molecule has 2 fully saturated rings. The highest BCUT2D eigenvalue weighted by atomic mass is 16.4. The van der Waals surface area contributed by atoms with E-state index in [1.54, 1.807) is 11.6 Å². The lowest BCUT2D eigenvalue weighted by atomic mass is 9.91. The van der Waals surface area contributed by atoms with Gasteiger partial charge >= 0.3 is 5.76 Å². The average Bonchev–Trinajstić information content (AvgIpc) is 3.04. The van der Waals surface area contributed by atoms with Gasteiger partial charge < -0.3 is 14.6 Å². The minimum Gasteiger partial charge on any atom is -0.408 e. The second kappa shape index (κ2) is 4.38. The van der Waals surface area contributed by atoms with Crippen molar-refractivity contribution >= 4 is 16.8 Å². The van der Waals surface area contributed by atoms with Gasteiger partial charge in [-0.05, 0) is 30.9 Å². The maximum atomic E-state index is 11.6. The van der Waals surface area contributed by atoms with Crippen molar-refractivity contribution in [2.24, 2.45) is 13.0 Å². The molecular formula is C15H19N3O2. The molecule has 1 aromatic carbocycles. The van der Waals surface area contributed by atoms with E-state index >= 15 is 0 Å². The van der Waals surface area contributed by atoms with Crippen molar-refractivity contribution in [3.8, 4) is 0 Å². The Balaban J connectivity index is 1.76. The summed E-state index contributed by atoms with van der Waals surface area (Å²) in [5, 5.41) is 3.50. The van der Waals surface area contributed by atoms with Gasteiger partial charge in [-0.1, -0.05) is 0 Å². The Kier molecular flexibility index (Phi) is 2.63. The molecule has 0 spiro atoms. The van der Waals surface area contributed by atoms with Gasteiger partial charge in [0.15, 0.2) is 5.58 Å². The molecule has 1 aromatic heterocycles. The average molecular weight is 273 g/mol. The molecule has 5 nitrogen and oxygen atoms in total. The number of oxazole rings is 1. The van der Waals surface area contributed by atoms with Crippen molar-refractivity contribution in [3.05, 3.63) is 28.7 Å². The van der Waals surface area contributed by atoms with E-state index in [2.05, 4.69) is 16.3 Å². The molecule has 3 heterocycles. The van der Waals surface area contributed by atoms with Crippen molar-refractivity contribution in [1.29, 1.82) is 0 Å². The molecule has 0 unspecified atom stereocenters. The summed E-state index contributed by atoms with van der Waals surface area (Å²) in [5.74, 6) is 0.457. The maximum absolute atomic E-state index is 11.6. The Hall–Kier alpha value is -1.75. The molecule has 2 aromatic rings. The highest BCUT2D eigenvalue weighted by Crippen LogP contribution is 2.32. The van der Waals surface area contributed by atoms with Gasteiger partial charge in [0.1, 0.15) is 0 Å². The standard InChI is InChI=1S/C15H19N3O2/c1-17-12-5-4-11(7-14(12)20-15(17)19)18-6-2-3-10-8-16-9-13(10)18/h4-5,7,10,13,16H,2-3,6,8-9H2,1H3/t10-,13+/m0/s1. The quantitative estimate of drug-likeness (QED) is 0.851. The second-order valence-electron chi connectivity index (χ2n) is 5.90. The summed E-state index contributed by atoms with van der Waals surface area (Å²) in [6, 6.07) is 6.69. The highest BCUT2D eigenvalue weighted by Gasteiger charge is 2.35. The van der Waals surface area contributed by atoms with Gasteiger partial charge in [0, 0.05) is 44.5 Å². The first-order valence-electron chi connectivity index (χ1n) is 7.31. The van der Waals surface area contributed by atoms with E-state index in [1.165, 1.54) is 18.5 Å². The Morgan fingerprint density at radius 1 is 1.35 bits per heavy atom. The molecular weight excluding hydrogens is 254 g/mol. The van der Waals surface area contributed by atoms with Gasteiger partial charge in [-0.15, -0.1) is 0 Å². The third kappa shape index (κ3) is 1.69. The van der Waals surface area contributed by atoms with E-state index in [-0.39, 0.29) is 5.76 Å². The summed E-state index contributed by atoms with van der Waals surface area (Å²) < 4.78 is 6.86. The fourth-order valence-corrected chi connectivity index (χ4v) is 3.69. The zero-order valence-electron chi connectivity index (χ0n) is 11.6. The summed E-state index contributed by atoms with van der Waals surface area (Å²) in [6.07, 6.45) is 2.55. The number of anilines is 1. The number of hydrogen-bond acceptors (Lipinski definition) is 4. The van der Waals surface area contributed by atoms with E-state index in [0.717, 1.165) is 31.1 Å². The molecule has 1 N–H and O–H groups in total. The highest BCUT2D eigenvalue weighted by molar-refractivity contribution is 5.78. The molecule has 2 aliphatic heterocycles. The Morgan fingerprint density at radius 3 is 3.15 bits per heavy atom. The minimum atomic E-state index is -0.295. The molecule has 2 aliphatic rings. The third-order valence-electron chi connectivity index (χ3n) is 4.79. The van der Waals surface area contributed by atoms with Crippen LogP contribution in [-0.4, -0.2) is 30.2 Å². The van der Waals surface area contributed by atoms with Gasteiger partial charge in [-0.3, -0.25) is 4.57 Å². The van der Waals surface area contributed by atoms with Crippen molar-refractivity contribution in [2.45, 2.75) is 18.9 Å². The van der Waals surface area contributed by atoms with E-state index in [1.807, 2.05) is 12.1 Å². The van der Waals surface area contributed by atoms with Gasteiger partial charge in [0.2, 0.25) is 0 Å². The van der Waals surface area contributed by atoms with Gasteiger partial charge in [-0.25, -0.2) is 4.79 Å². The van der Waals surface area contributed by atoms with Gasteiger partial charge in [0.25, 0.3) is 0 Å². The normalized spacial score (nSPS) is 26.1. The predicted molar refractivity (Wildman–Crippen MR) is 78.2 cm³/mol. The predicted octanol–water partition coefficient (Wildman–Crippen LogP) is 1.32. The minimum absolute atomic E-state index is 0.295. The van der Waals surface area contributed by atoms with Gasteiger partial charge in [-0.2, -0.15) is 0 Å². The van der Waals surface area contributed by atoms with Crippen LogP contribution in [0.2, 0.25) is 0 Å². The smallest absolute Gasteiger partial charge is 0.408 e. The fourth-order valence-electron chi connectivity index (χ4n) is 3.69. The lowest BCUT2D eigenvalue weighted by Gasteiger charge is -2.38. The van der Waals surface area contributed by atoms with E-state index in [4.69, 9.17) is 4.42 Å². The van der Waals surface area contributed by atoms with E-state index in [9.17, 15) is 4.79 Å². The molecule has 4 rings (SSSR count). The van der Waals surface area contributed by atoms with Crippen molar-refractivity contribution in [2.75, 3.05) is 24.5 Å². The number of aryl methyl sites for hydroxylation is 1. The van der Waals surface area contributed by atoms with E-state index in [0.29, 0.717) is 11.6 Å². The van der Waals surface area contributed by atoms with Crippen LogP contribution in [0.15, 0.2) is 27.4 Å². The topological polar surface area (TPSA) is 50.4 Å². The van der Waals surface area contributed by atoms with Crippen molar-refractivity contribution < 1.29 is 4.42 Å². The summed E-state index contributed by atoms with van der Waals surface area (Å²) in [7, 11) is 1.74. The van der Waals surface area contributed by atoms with Crippen LogP contribution in [0.3, 0.4) is 0 Å². The number of nitrogens with zero attached hydrogens (tertiary/aromatic N) is 2. The van der Waals surface area contributed by atoms with Crippen LogP contribution in [0.4, 0.5) is 5.69 Å². The number of nitrogens with one attached hydrogen (secondary N) is 1. The SMILES string of the molecule is Cn1c(=O)oc2cc(N3CCC[C@H]4CNC[C@H]43)ccc21. The number of fused-ring (bicyclic) bond motifs is 2. The molecule has 5 heteroatoms. The Bertz CT molecular complexity index is 703. The zero-order chi connectivity index (χ0) is 13.7. The number of hydrogen-bond donors (Lipinski definition) is 1. The second-order valence-corrected chi connectivity index (χ2v) is 5.90. The van der Waals surface area contributed by atoms with Crippen LogP contribution in [0, 0.1) is 5.92 Å². The summed E-state index contributed by atoms with van der Waals surface area (Å²) in [5.41, 5.74) is 2.71. The Morgan fingerprint density at radius 2 is 2.25 bits per heavy atom. The van der Waals surface area contributed by atoms with Crippen LogP contribution in [0.25, 0.3) is 11.1 Å². The number of rotatable bonds is 1. The Labute approximate surface area is 117 Å². The molecule has 20 heavy (non-hydrogen) atoms. The van der Waals surface area contributed by atoms with Crippen LogP contribution in [0.1, 0.15) is 12.8 Å². The molecule has 106 valence electrons. The first-order valence-corrected chi connectivity index (χ1v) is 7.31. The summed E-state index contributed by atoms with van der Waals surface area (Å²) >= 11 is 0. The molecule has 0 amide bonds. The molecule has 0 aliphatic carbocycles. The molecule has 2 saturated heterocycles. The first-order chi connectivity index (χ1) is 9.74. The van der Waals surface area contributed by atoms with Crippen LogP contribution >= 0.6 is 0 Å². The zero-order valence-corrected chi connectivity index (χ0v) is 11.6. The lowest BCUT2D eigenvalue weighted by Crippen LogP contribution is -2.45. The molecule has 0 bridgehead atoms. The largest absolute Gasteiger partial charge is 0.419 e. The van der Waals surface area contributed by atoms with E-state index < -0.39 is 0 Å². The first kappa shape index (κ1) is 12.0. The molecule has 0 saturated carbocycles. The fraction of sp³-hybridized carbons (Fsp3) is 0.533. The van der Waals surface area contributed by atoms with Crippen molar-refractivity contribution in [1.82, 2.24) is 9.88 Å². The van der Waals surface area contributed by atoms with Gasteiger partial charge in [0.05, 0.1) is 5.52 Å². The summed E-state index contributed by atoms with van der Waals surface area (Å²) in [6.45, 7) is 3.27. The number of piperidine rings is 1. The number of aromatic nitrogens is 1. The summed E-state index contributed by atoms with van der Waals surface area (Å²) in [4.78, 5) is 14.1. The number of benzene rings is 1. The third-order valence-corrected chi connectivity index (χ3v) is 4.79. The van der Waals surface area contributed by atoms with Crippen LogP contribution < -0.4 is 16.0 Å². The molecule has 0 radical (unpaired) electrons.